The van der Waals surface area contributed by atoms with Crippen LogP contribution in [0.2, 0.25) is 0 Å². The highest BCUT2D eigenvalue weighted by Crippen LogP contribution is 2.24. The van der Waals surface area contributed by atoms with Gasteiger partial charge in [-0.2, -0.15) is 0 Å². The Balaban J connectivity index is 1.35. The average molecular weight is 352 g/mol. The summed E-state index contributed by atoms with van der Waals surface area (Å²) in [6, 6.07) is 14.2. The molecule has 1 aliphatic heterocycles. The molecule has 3 N–H and O–H groups in total. The number of nitrogens with zero attached hydrogens (tertiary/aromatic N) is 2. The van der Waals surface area contributed by atoms with Crippen LogP contribution in [0.25, 0.3) is 0 Å². The molecule has 2 heterocycles. The summed E-state index contributed by atoms with van der Waals surface area (Å²) in [5.41, 5.74) is 8.57. The molecule has 1 atom stereocenters. The highest BCUT2D eigenvalue weighted by Gasteiger charge is 2.21. The van der Waals surface area contributed by atoms with Gasteiger partial charge in [-0.25, -0.2) is 0 Å². The van der Waals surface area contributed by atoms with Gasteiger partial charge in [0.2, 0.25) is 5.91 Å². The van der Waals surface area contributed by atoms with Gasteiger partial charge in [0.1, 0.15) is 0 Å². The fourth-order valence-electron chi connectivity index (χ4n) is 3.52. The smallest absolute Gasteiger partial charge is 0.220 e. The zero-order valence-corrected chi connectivity index (χ0v) is 15.2. The number of carbonyl (C=O) groups excluding carboxylic acids is 1. The third-order valence-corrected chi connectivity index (χ3v) is 5.02. The number of pyridine rings is 1. The normalized spacial score (nSPS) is 16.3. The molecule has 0 bridgehead atoms. The molecular weight excluding hydrogens is 324 g/mol. The Hall–Kier alpha value is -2.40. The molecule has 138 valence electrons. The van der Waals surface area contributed by atoms with E-state index < -0.39 is 0 Å². The lowest BCUT2D eigenvalue weighted by Gasteiger charge is -2.33. The van der Waals surface area contributed by atoms with Gasteiger partial charge in [-0.3, -0.25) is 9.78 Å². The quantitative estimate of drug-likeness (QED) is 0.802. The molecule has 1 amide bonds. The van der Waals surface area contributed by atoms with E-state index in [0.29, 0.717) is 18.9 Å². The highest BCUT2D eigenvalue weighted by molar-refractivity contribution is 5.76. The first-order valence-electron chi connectivity index (χ1n) is 9.42. The van der Waals surface area contributed by atoms with Crippen molar-refractivity contribution in [2.75, 3.05) is 24.5 Å². The molecule has 1 unspecified atom stereocenters. The predicted molar refractivity (Wildman–Crippen MR) is 105 cm³/mol. The molecule has 1 fully saturated rings. The molecule has 2 aromatic rings. The summed E-state index contributed by atoms with van der Waals surface area (Å²) in [7, 11) is 0. The summed E-state index contributed by atoms with van der Waals surface area (Å²) in [4.78, 5) is 18.7. The van der Waals surface area contributed by atoms with E-state index >= 15 is 0 Å². The fraction of sp³-hybridized carbons (Fsp3) is 0.429. The van der Waals surface area contributed by atoms with E-state index in [9.17, 15) is 4.79 Å². The maximum absolute atomic E-state index is 12.2. The van der Waals surface area contributed by atoms with Gasteiger partial charge in [0.25, 0.3) is 0 Å². The van der Waals surface area contributed by atoms with Crippen LogP contribution in [0.3, 0.4) is 0 Å². The number of nitrogens with one attached hydrogen (secondary N) is 1. The number of amides is 1. The molecule has 0 saturated carbocycles. The van der Waals surface area contributed by atoms with E-state index in [1.54, 1.807) is 0 Å². The summed E-state index contributed by atoms with van der Waals surface area (Å²) in [5.74, 6) is 0.578. The lowest BCUT2D eigenvalue weighted by atomic mass is 9.93. The molecule has 5 heteroatoms. The number of rotatable bonds is 7. The average Bonchev–Trinajstić information content (AvgIpc) is 2.68. The van der Waals surface area contributed by atoms with Crippen molar-refractivity contribution >= 4 is 11.6 Å². The summed E-state index contributed by atoms with van der Waals surface area (Å²) >= 11 is 0. The third-order valence-electron chi connectivity index (χ3n) is 5.02. The van der Waals surface area contributed by atoms with Crippen molar-refractivity contribution in [3.8, 4) is 0 Å². The zero-order chi connectivity index (χ0) is 18.2. The minimum absolute atomic E-state index is 0.0464. The Bertz CT molecular complexity index is 669. The maximum Gasteiger partial charge on any atom is 0.220 e. The van der Waals surface area contributed by atoms with Crippen molar-refractivity contribution in [1.82, 2.24) is 10.3 Å². The molecular formula is C21H28N4O. The number of carbonyl (C=O) groups is 1. The van der Waals surface area contributed by atoms with Crippen molar-refractivity contribution in [2.45, 2.75) is 31.7 Å². The summed E-state index contributed by atoms with van der Waals surface area (Å²) in [6.07, 6.45) is 7.13. The van der Waals surface area contributed by atoms with Crippen LogP contribution in [0, 0.1) is 5.92 Å². The molecule has 0 radical (unpaired) electrons. The van der Waals surface area contributed by atoms with E-state index in [2.05, 4.69) is 27.3 Å². The Kier molecular flexibility index (Phi) is 6.61. The van der Waals surface area contributed by atoms with Crippen LogP contribution in [0.5, 0.6) is 0 Å². The molecule has 5 nitrogen and oxygen atoms in total. The van der Waals surface area contributed by atoms with Gasteiger partial charge in [-0.05, 0) is 42.9 Å². The summed E-state index contributed by atoms with van der Waals surface area (Å²) < 4.78 is 0. The number of hydrogen-bond donors (Lipinski definition) is 2. The van der Waals surface area contributed by atoms with Crippen LogP contribution in [0.4, 0.5) is 5.69 Å². The van der Waals surface area contributed by atoms with Gasteiger partial charge >= 0.3 is 0 Å². The topological polar surface area (TPSA) is 71.2 Å². The van der Waals surface area contributed by atoms with E-state index in [4.69, 9.17) is 5.73 Å². The van der Waals surface area contributed by atoms with Gasteiger partial charge in [0.05, 0.1) is 0 Å². The molecule has 0 spiro atoms. The fourth-order valence-corrected chi connectivity index (χ4v) is 3.52. The highest BCUT2D eigenvalue weighted by atomic mass is 16.1. The minimum atomic E-state index is -0.0464. The first kappa shape index (κ1) is 18.4. The van der Waals surface area contributed by atoms with Crippen molar-refractivity contribution in [3.05, 3.63) is 60.4 Å². The lowest BCUT2D eigenvalue weighted by Crippen LogP contribution is -2.40. The van der Waals surface area contributed by atoms with Gasteiger partial charge in [-0.1, -0.05) is 30.3 Å². The summed E-state index contributed by atoms with van der Waals surface area (Å²) in [5, 5.41) is 3.01. The van der Waals surface area contributed by atoms with Crippen LogP contribution in [0.1, 0.15) is 24.8 Å². The SMILES string of the molecule is NC(CNC(=O)CC1CCN(c2ccncc2)CC1)Cc1ccccc1. The van der Waals surface area contributed by atoms with Crippen LogP contribution in [-0.4, -0.2) is 36.6 Å². The molecule has 1 aliphatic rings. The Morgan fingerprint density at radius 3 is 2.54 bits per heavy atom. The second-order valence-corrected chi connectivity index (χ2v) is 7.09. The Morgan fingerprint density at radius 1 is 1.15 bits per heavy atom. The van der Waals surface area contributed by atoms with Crippen molar-refractivity contribution in [2.24, 2.45) is 11.7 Å². The van der Waals surface area contributed by atoms with Crippen LogP contribution in [0.15, 0.2) is 54.9 Å². The maximum atomic E-state index is 12.2. The van der Waals surface area contributed by atoms with Gasteiger partial charge in [0.15, 0.2) is 0 Å². The second-order valence-electron chi connectivity index (χ2n) is 7.09. The first-order chi connectivity index (χ1) is 12.7. The Labute approximate surface area is 155 Å². The molecule has 3 rings (SSSR count). The van der Waals surface area contributed by atoms with Gasteiger partial charge < -0.3 is 16.0 Å². The standard InChI is InChI=1S/C21H28N4O/c22-19(14-17-4-2-1-3-5-17)16-24-21(26)15-18-8-12-25(13-9-18)20-6-10-23-11-7-20/h1-7,10-11,18-19H,8-9,12-16,22H2,(H,24,26). The molecule has 1 saturated heterocycles. The van der Waals surface area contributed by atoms with E-state index in [1.165, 1.54) is 11.3 Å². The van der Waals surface area contributed by atoms with E-state index in [1.807, 2.05) is 42.7 Å². The monoisotopic (exact) mass is 352 g/mol. The minimum Gasteiger partial charge on any atom is -0.371 e. The number of anilines is 1. The van der Waals surface area contributed by atoms with Crippen LogP contribution >= 0.6 is 0 Å². The van der Waals surface area contributed by atoms with Gasteiger partial charge in [-0.15, -0.1) is 0 Å². The van der Waals surface area contributed by atoms with Crippen molar-refractivity contribution < 1.29 is 4.79 Å². The second kappa shape index (κ2) is 9.34. The van der Waals surface area contributed by atoms with Crippen LogP contribution < -0.4 is 16.0 Å². The van der Waals surface area contributed by atoms with Crippen molar-refractivity contribution in [1.29, 1.82) is 0 Å². The number of aromatic nitrogens is 1. The molecule has 26 heavy (non-hydrogen) atoms. The number of piperidine rings is 1. The van der Waals surface area contributed by atoms with E-state index in [-0.39, 0.29) is 11.9 Å². The zero-order valence-electron chi connectivity index (χ0n) is 15.2. The Morgan fingerprint density at radius 2 is 1.85 bits per heavy atom. The number of benzene rings is 1. The molecule has 1 aromatic heterocycles. The van der Waals surface area contributed by atoms with Crippen molar-refractivity contribution in [3.63, 3.8) is 0 Å². The number of nitrogens with two attached hydrogens (primary N) is 1. The van der Waals surface area contributed by atoms with E-state index in [0.717, 1.165) is 32.4 Å². The third kappa shape index (κ3) is 5.56. The van der Waals surface area contributed by atoms with Crippen LogP contribution in [-0.2, 0) is 11.2 Å². The predicted octanol–water partition coefficient (Wildman–Crippen LogP) is 2.37. The van der Waals surface area contributed by atoms with Gasteiger partial charge in [0, 0.05) is 50.2 Å². The molecule has 1 aromatic carbocycles. The molecule has 0 aliphatic carbocycles. The summed E-state index contributed by atoms with van der Waals surface area (Å²) in [6.45, 7) is 2.52. The largest absolute Gasteiger partial charge is 0.371 e. The lowest BCUT2D eigenvalue weighted by molar-refractivity contribution is -0.122. The number of hydrogen-bond acceptors (Lipinski definition) is 4. The first-order valence-corrected chi connectivity index (χ1v) is 9.42.